The Bertz CT molecular complexity index is 1150. The number of carbonyl (C=O) groups excluding carboxylic acids is 3. The highest BCUT2D eigenvalue weighted by atomic mass is 16.6. The van der Waals surface area contributed by atoms with E-state index in [9.17, 15) is 14.4 Å². The van der Waals surface area contributed by atoms with Crippen molar-refractivity contribution in [3.8, 4) is 0 Å². The average Bonchev–Trinajstić information content (AvgIpc) is 3.22. The summed E-state index contributed by atoms with van der Waals surface area (Å²) in [5, 5.41) is 0. The molecule has 2 aliphatic heterocycles. The van der Waals surface area contributed by atoms with Crippen molar-refractivity contribution in [1.29, 1.82) is 0 Å². The number of ether oxygens (including phenoxy) is 3. The van der Waals surface area contributed by atoms with Gasteiger partial charge >= 0.3 is 11.9 Å². The maximum absolute atomic E-state index is 13.3. The molecule has 0 N–H and O–H groups in total. The predicted octanol–water partition coefficient (Wildman–Crippen LogP) is 5.02. The highest BCUT2D eigenvalue weighted by Gasteiger charge is 2.77. The van der Waals surface area contributed by atoms with Gasteiger partial charge in [-0.1, -0.05) is 30.2 Å². The molecule has 0 amide bonds. The number of esters is 2. The highest BCUT2D eigenvalue weighted by molar-refractivity contribution is 5.98. The second-order valence-electron chi connectivity index (χ2n) is 12.7. The van der Waals surface area contributed by atoms with Crippen LogP contribution in [0, 0.1) is 28.6 Å². The molecule has 8 atom stereocenters. The highest BCUT2D eigenvalue weighted by Crippen LogP contribution is 2.75. The normalized spacial score (nSPS) is 47.1. The van der Waals surface area contributed by atoms with Crippen molar-refractivity contribution in [2.75, 3.05) is 6.61 Å². The summed E-state index contributed by atoms with van der Waals surface area (Å²) in [5.74, 6) is 0.264. The number of allylic oxidation sites excluding steroid dienone is 4. The molecule has 0 unspecified atom stereocenters. The van der Waals surface area contributed by atoms with Crippen LogP contribution in [0.2, 0.25) is 0 Å². The van der Waals surface area contributed by atoms with Crippen LogP contribution in [0.3, 0.4) is 0 Å². The van der Waals surface area contributed by atoms with Gasteiger partial charge in [0.2, 0.25) is 0 Å². The molecule has 194 valence electrons. The van der Waals surface area contributed by atoms with Crippen LogP contribution in [-0.2, 0) is 28.6 Å². The van der Waals surface area contributed by atoms with Gasteiger partial charge in [-0.15, -0.1) is 0 Å². The van der Waals surface area contributed by atoms with E-state index >= 15 is 0 Å². The Morgan fingerprint density at radius 3 is 2.64 bits per heavy atom. The van der Waals surface area contributed by atoms with Gasteiger partial charge in [0.25, 0.3) is 0 Å². The zero-order valence-electron chi connectivity index (χ0n) is 22.1. The fourth-order valence-corrected chi connectivity index (χ4v) is 9.51. The molecule has 3 fully saturated rings. The summed E-state index contributed by atoms with van der Waals surface area (Å²) in [7, 11) is 0. The molecule has 2 saturated carbocycles. The fraction of sp³-hybridized carbons (Fsp3) is 0.700. The van der Waals surface area contributed by atoms with Crippen molar-refractivity contribution in [3.63, 3.8) is 0 Å². The summed E-state index contributed by atoms with van der Waals surface area (Å²) < 4.78 is 18.5. The average molecular weight is 495 g/mol. The Balaban J connectivity index is 1.34. The van der Waals surface area contributed by atoms with E-state index in [0.717, 1.165) is 44.1 Å². The largest absolute Gasteiger partial charge is 0.461 e. The lowest BCUT2D eigenvalue weighted by molar-refractivity contribution is -0.231. The van der Waals surface area contributed by atoms with Gasteiger partial charge in [-0.05, 0) is 83.1 Å². The number of fused-ring (bicyclic) bond motifs is 3. The summed E-state index contributed by atoms with van der Waals surface area (Å²) in [6.07, 6.45) is 12.3. The first kappa shape index (κ1) is 24.1. The third-order valence-corrected chi connectivity index (χ3v) is 11.4. The molecule has 4 aliphatic carbocycles. The maximum atomic E-state index is 13.3. The lowest BCUT2D eigenvalue weighted by Crippen LogP contribution is -2.60. The second kappa shape index (κ2) is 7.66. The molecule has 1 saturated heterocycles. The van der Waals surface area contributed by atoms with Crippen LogP contribution < -0.4 is 0 Å². The lowest BCUT2D eigenvalue weighted by Gasteiger charge is -2.59. The van der Waals surface area contributed by atoms with Crippen LogP contribution in [0.25, 0.3) is 0 Å². The summed E-state index contributed by atoms with van der Waals surface area (Å²) in [6, 6.07) is 0. The number of ketones is 1. The molecule has 0 radical (unpaired) electrons. The minimum atomic E-state index is -0.590. The second-order valence-corrected chi connectivity index (χ2v) is 12.7. The third kappa shape index (κ3) is 2.85. The van der Waals surface area contributed by atoms with E-state index in [2.05, 4.69) is 26.8 Å². The summed E-state index contributed by atoms with van der Waals surface area (Å²) in [5.41, 5.74) is 1.28. The minimum absolute atomic E-state index is 0.0137. The Morgan fingerprint density at radius 1 is 1.14 bits per heavy atom. The zero-order chi connectivity index (χ0) is 25.7. The molecular weight excluding hydrogens is 456 g/mol. The molecule has 6 nitrogen and oxygen atoms in total. The first-order valence-electron chi connectivity index (χ1n) is 13.6. The van der Waals surface area contributed by atoms with Crippen LogP contribution in [-0.4, -0.2) is 41.6 Å². The van der Waals surface area contributed by atoms with Crippen molar-refractivity contribution >= 4 is 17.7 Å². The van der Waals surface area contributed by atoms with E-state index in [-0.39, 0.29) is 47.3 Å². The Kier molecular flexibility index (Phi) is 5.13. The van der Waals surface area contributed by atoms with E-state index in [1.807, 2.05) is 13.0 Å². The van der Waals surface area contributed by atoms with E-state index < -0.39 is 23.0 Å². The van der Waals surface area contributed by atoms with Crippen LogP contribution in [0.5, 0.6) is 0 Å². The standard InChI is InChI=1S/C30H38O6/c1-17-15-25(35-26(33)20(17)16-34-18(2)31)29(5)23-12-14-30(36-29)22-10-9-19-7-6-8-24(32)28(19,4)21(22)11-13-27(23,30)3/h6,8-9,21-23,25H,7,10-16H2,1-5H3/t21-,22+,23-,25+,27+,28-,29+,30+/m0/s1. The third-order valence-electron chi connectivity index (χ3n) is 11.4. The molecule has 0 aromatic rings. The molecule has 2 heterocycles. The number of hydrogen-bond acceptors (Lipinski definition) is 6. The molecule has 6 rings (SSSR count). The van der Waals surface area contributed by atoms with E-state index in [4.69, 9.17) is 14.2 Å². The van der Waals surface area contributed by atoms with Crippen molar-refractivity contribution in [2.45, 2.75) is 96.9 Å². The number of hydrogen-bond donors (Lipinski definition) is 0. The topological polar surface area (TPSA) is 78.9 Å². The quantitative estimate of drug-likeness (QED) is 0.405. The van der Waals surface area contributed by atoms with Gasteiger partial charge < -0.3 is 14.2 Å². The molecule has 0 aromatic heterocycles. The summed E-state index contributed by atoms with van der Waals surface area (Å²) in [6.45, 7) is 9.95. The van der Waals surface area contributed by atoms with Gasteiger partial charge in [0.05, 0.1) is 16.6 Å². The van der Waals surface area contributed by atoms with Crippen molar-refractivity contribution < 1.29 is 28.6 Å². The molecule has 2 bridgehead atoms. The zero-order valence-corrected chi connectivity index (χ0v) is 22.1. The van der Waals surface area contributed by atoms with E-state index in [1.165, 1.54) is 12.5 Å². The Hall–Kier alpha value is -2.21. The molecular formula is C30H38O6. The lowest BCUT2D eigenvalue weighted by atomic mass is 9.46. The summed E-state index contributed by atoms with van der Waals surface area (Å²) >= 11 is 0. The smallest absolute Gasteiger partial charge is 0.337 e. The Labute approximate surface area is 213 Å². The van der Waals surface area contributed by atoms with Crippen molar-refractivity contribution in [1.82, 2.24) is 0 Å². The van der Waals surface area contributed by atoms with Crippen molar-refractivity contribution in [3.05, 3.63) is 34.9 Å². The molecule has 36 heavy (non-hydrogen) atoms. The number of carbonyl (C=O) groups is 3. The maximum Gasteiger partial charge on any atom is 0.337 e. The molecule has 0 spiro atoms. The van der Waals surface area contributed by atoms with E-state index in [1.54, 1.807) is 6.08 Å². The van der Waals surface area contributed by atoms with Crippen molar-refractivity contribution in [2.24, 2.45) is 28.6 Å². The van der Waals surface area contributed by atoms with Gasteiger partial charge in [-0.2, -0.15) is 0 Å². The van der Waals surface area contributed by atoms with Gasteiger partial charge in [0.1, 0.15) is 18.3 Å². The first-order chi connectivity index (χ1) is 17.0. The van der Waals surface area contributed by atoms with E-state index in [0.29, 0.717) is 12.0 Å². The Morgan fingerprint density at radius 2 is 1.92 bits per heavy atom. The molecule has 6 heteroatoms. The number of rotatable bonds is 3. The van der Waals surface area contributed by atoms with Gasteiger partial charge in [0.15, 0.2) is 5.78 Å². The summed E-state index contributed by atoms with van der Waals surface area (Å²) in [4.78, 5) is 37.6. The number of cyclic esters (lactones) is 1. The predicted molar refractivity (Wildman–Crippen MR) is 133 cm³/mol. The minimum Gasteiger partial charge on any atom is -0.461 e. The van der Waals surface area contributed by atoms with Gasteiger partial charge in [-0.25, -0.2) is 4.79 Å². The molecule has 6 aliphatic rings. The van der Waals surface area contributed by atoms with Gasteiger partial charge in [-0.3, -0.25) is 9.59 Å². The van der Waals surface area contributed by atoms with Gasteiger partial charge in [0, 0.05) is 18.8 Å². The van der Waals surface area contributed by atoms with Crippen LogP contribution in [0.1, 0.15) is 79.6 Å². The monoisotopic (exact) mass is 494 g/mol. The van der Waals surface area contributed by atoms with Crippen LogP contribution in [0.15, 0.2) is 34.9 Å². The van der Waals surface area contributed by atoms with Crippen LogP contribution in [0.4, 0.5) is 0 Å². The molecule has 0 aromatic carbocycles. The SMILES string of the molecule is CC(=O)OCC1=C(C)C[C@H]([C@]2(C)O[C@@]34CC[C@H]2[C@@]3(C)CC[C@H]2[C@H]4CC=C3CC=CC(=O)[C@@]32C)OC1=O. The first-order valence-corrected chi connectivity index (χ1v) is 13.6. The fourth-order valence-electron chi connectivity index (χ4n) is 9.51. The van der Waals surface area contributed by atoms with Crippen LogP contribution >= 0.6 is 0 Å².